The summed E-state index contributed by atoms with van der Waals surface area (Å²) in [4.78, 5) is 12.1. The number of Topliss-reactive ketones (excluding diaryl/α,β-unsaturated/α-hetero) is 1. The van der Waals surface area contributed by atoms with Gasteiger partial charge < -0.3 is 0 Å². The third kappa shape index (κ3) is 3.68. The Morgan fingerprint density at radius 2 is 2.00 bits per heavy atom. The van der Waals surface area contributed by atoms with E-state index >= 15 is 0 Å². The Bertz CT molecular complexity index is 401. The molecule has 3 heteroatoms. The molecule has 1 saturated carbocycles. The summed E-state index contributed by atoms with van der Waals surface area (Å²) in [7, 11) is 0. The number of nitrogens with zero attached hydrogens (tertiary/aromatic N) is 2. The molecule has 3 nitrogen and oxygen atoms in total. The second-order valence-corrected chi connectivity index (χ2v) is 5.74. The largest absolute Gasteiger partial charge is 0.299 e. The molecule has 0 aliphatic heterocycles. The lowest BCUT2D eigenvalue weighted by Crippen LogP contribution is -2.17. The van der Waals surface area contributed by atoms with Crippen LogP contribution in [0.25, 0.3) is 0 Å². The fourth-order valence-electron chi connectivity index (χ4n) is 3.09. The van der Waals surface area contributed by atoms with Crippen LogP contribution in [-0.4, -0.2) is 15.6 Å². The molecule has 1 heterocycles. The molecular weight excluding hydrogens is 236 g/mol. The highest BCUT2D eigenvalue weighted by atomic mass is 16.1. The predicted octanol–water partition coefficient (Wildman–Crippen LogP) is 3.94. The van der Waals surface area contributed by atoms with Crippen molar-refractivity contribution in [3.05, 3.63) is 18.0 Å². The molecule has 0 N–H and O–H groups in total. The normalized spacial score (nSPS) is 17.0. The summed E-state index contributed by atoms with van der Waals surface area (Å²) in [5.74, 6) is 0.554. The van der Waals surface area contributed by atoms with E-state index in [-0.39, 0.29) is 5.92 Å². The Labute approximate surface area is 116 Å². The van der Waals surface area contributed by atoms with Crippen molar-refractivity contribution in [1.82, 2.24) is 9.78 Å². The van der Waals surface area contributed by atoms with Crippen molar-refractivity contribution in [3.63, 3.8) is 0 Å². The number of hydrogen-bond acceptors (Lipinski definition) is 2. The van der Waals surface area contributed by atoms with Crippen LogP contribution in [0.4, 0.5) is 0 Å². The summed E-state index contributed by atoms with van der Waals surface area (Å²) in [5.41, 5.74) is 0.947. The fourth-order valence-corrected chi connectivity index (χ4v) is 3.09. The first-order chi connectivity index (χ1) is 9.24. The minimum absolute atomic E-state index is 0.208. The third-order valence-electron chi connectivity index (χ3n) is 4.41. The van der Waals surface area contributed by atoms with E-state index in [0.717, 1.165) is 18.5 Å². The standard InChI is InChI=1S/C16H26N2O/c1-3-13(4-2)16(19)12-14-10-11-18(17-14)15-8-6-5-7-9-15/h10-11,13,15H,3-9,12H2,1-2H3. The molecule has 0 saturated heterocycles. The molecule has 1 aromatic rings. The van der Waals surface area contributed by atoms with Gasteiger partial charge in [0.1, 0.15) is 5.78 Å². The Balaban J connectivity index is 1.95. The van der Waals surface area contributed by atoms with Crippen LogP contribution in [0.1, 0.15) is 70.5 Å². The van der Waals surface area contributed by atoms with Gasteiger partial charge in [0.15, 0.2) is 0 Å². The number of aromatic nitrogens is 2. The first kappa shape index (κ1) is 14.3. The van der Waals surface area contributed by atoms with Gasteiger partial charge in [-0.25, -0.2) is 0 Å². The highest BCUT2D eigenvalue weighted by molar-refractivity contribution is 5.82. The predicted molar refractivity (Wildman–Crippen MR) is 77.1 cm³/mol. The van der Waals surface area contributed by atoms with Gasteiger partial charge in [-0.15, -0.1) is 0 Å². The van der Waals surface area contributed by atoms with Crippen molar-refractivity contribution in [2.24, 2.45) is 5.92 Å². The summed E-state index contributed by atoms with van der Waals surface area (Å²) >= 11 is 0. The Hall–Kier alpha value is -1.12. The van der Waals surface area contributed by atoms with Crippen LogP contribution in [-0.2, 0) is 11.2 Å². The zero-order valence-corrected chi connectivity index (χ0v) is 12.3. The maximum atomic E-state index is 12.1. The fraction of sp³-hybridized carbons (Fsp3) is 0.750. The number of hydrogen-bond donors (Lipinski definition) is 0. The van der Waals surface area contributed by atoms with Gasteiger partial charge in [-0.2, -0.15) is 5.10 Å². The van der Waals surface area contributed by atoms with Gasteiger partial charge in [0.25, 0.3) is 0 Å². The van der Waals surface area contributed by atoms with E-state index in [0.29, 0.717) is 18.2 Å². The van der Waals surface area contributed by atoms with E-state index in [4.69, 9.17) is 0 Å². The van der Waals surface area contributed by atoms with Crippen LogP contribution in [0.5, 0.6) is 0 Å². The maximum Gasteiger partial charge on any atom is 0.141 e. The lowest BCUT2D eigenvalue weighted by atomic mass is 9.95. The third-order valence-corrected chi connectivity index (χ3v) is 4.41. The molecule has 0 atom stereocenters. The van der Waals surface area contributed by atoms with Crippen molar-refractivity contribution in [3.8, 4) is 0 Å². The van der Waals surface area contributed by atoms with Gasteiger partial charge in [0.05, 0.1) is 18.2 Å². The van der Waals surface area contributed by atoms with Gasteiger partial charge in [-0.1, -0.05) is 33.1 Å². The summed E-state index contributed by atoms with van der Waals surface area (Å²) < 4.78 is 2.09. The van der Waals surface area contributed by atoms with E-state index in [9.17, 15) is 4.79 Å². The molecule has 1 aromatic heterocycles. The zero-order chi connectivity index (χ0) is 13.7. The molecule has 0 amide bonds. The molecule has 0 bridgehead atoms. The lowest BCUT2D eigenvalue weighted by Gasteiger charge is -2.21. The van der Waals surface area contributed by atoms with Crippen LogP contribution >= 0.6 is 0 Å². The van der Waals surface area contributed by atoms with Crippen LogP contribution in [0.3, 0.4) is 0 Å². The summed E-state index contributed by atoms with van der Waals surface area (Å²) in [5, 5.41) is 4.62. The van der Waals surface area contributed by atoms with Crippen LogP contribution in [0.2, 0.25) is 0 Å². The quantitative estimate of drug-likeness (QED) is 0.778. The second-order valence-electron chi connectivity index (χ2n) is 5.74. The monoisotopic (exact) mass is 262 g/mol. The maximum absolute atomic E-state index is 12.1. The van der Waals surface area contributed by atoms with E-state index in [1.807, 2.05) is 6.07 Å². The molecule has 0 spiro atoms. The summed E-state index contributed by atoms with van der Waals surface area (Å²) in [6, 6.07) is 2.58. The molecule has 0 unspecified atom stereocenters. The van der Waals surface area contributed by atoms with E-state index < -0.39 is 0 Å². The Kier molecular flexibility index (Phi) is 5.17. The number of rotatable bonds is 6. The van der Waals surface area contributed by atoms with E-state index in [1.165, 1.54) is 32.1 Å². The molecule has 1 aliphatic rings. The summed E-state index contributed by atoms with van der Waals surface area (Å²) in [6.07, 6.45) is 10.9. The van der Waals surface area contributed by atoms with E-state index in [2.05, 4.69) is 29.8 Å². The highest BCUT2D eigenvalue weighted by Gasteiger charge is 2.18. The van der Waals surface area contributed by atoms with Gasteiger partial charge in [-0.3, -0.25) is 9.48 Å². The zero-order valence-electron chi connectivity index (χ0n) is 12.3. The molecule has 0 radical (unpaired) electrons. The van der Waals surface area contributed by atoms with Crippen LogP contribution in [0.15, 0.2) is 12.3 Å². The van der Waals surface area contributed by atoms with Gasteiger partial charge in [-0.05, 0) is 31.7 Å². The topological polar surface area (TPSA) is 34.9 Å². The molecule has 1 aliphatic carbocycles. The smallest absolute Gasteiger partial charge is 0.141 e. The Morgan fingerprint density at radius 1 is 1.32 bits per heavy atom. The highest BCUT2D eigenvalue weighted by Crippen LogP contribution is 2.27. The first-order valence-electron chi connectivity index (χ1n) is 7.81. The average molecular weight is 262 g/mol. The van der Waals surface area contributed by atoms with Gasteiger partial charge in [0.2, 0.25) is 0 Å². The SMILES string of the molecule is CCC(CC)C(=O)Cc1ccn(C2CCCCC2)n1. The minimum Gasteiger partial charge on any atom is -0.299 e. The summed E-state index contributed by atoms with van der Waals surface area (Å²) in [6.45, 7) is 4.18. The Morgan fingerprint density at radius 3 is 2.63 bits per heavy atom. The molecule has 1 fully saturated rings. The molecule has 19 heavy (non-hydrogen) atoms. The first-order valence-corrected chi connectivity index (χ1v) is 7.81. The van der Waals surface area contributed by atoms with E-state index in [1.54, 1.807) is 0 Å². The molecular formula is C16H26N2O. The van der Waals surface area contributed by atoms with Gasteiger partial charge >= 0.3 is 0 Å². The minimum atomic E-state index is 0.208. The number of ketones is 1. The van der Waals surface area contributed by atoms with Crippen LogP contribution in [0, 0.1) is 5.92 Å². The second kappa shape index (κ2) is 6.88. The van der Waals surface area contributed by atoms with Crippen molar-refractivity contribution in [1.29, 1.82) is 0 Å². The number of carbonyl (C=O) groups is 1. The average Bonchev–Trinajstić information content (AvgIpc) is 2.89. The van der Waals surface area contributed by atoms with Crippen molar-refractivity contribution >= 4 is 5.78 Å². The van der Waals surface area contributed by atoms with Crippen LogP contribution < -0.4 is 0 Å². The lowest BCUT2D eigenvalue weighted by molar-refractivity contribution is -0.122. The van der Waals surface area contributed by atoms with Gasteiger partial charge in [0, 0.05) is 12.1 Å². The molecule has 0 aromatic carbocycles. The molecule has 2 rings (SSSR count). The van der Waals surface area contributed by atoms with Crippen molar-refractivity contribution < 1.29 is 4.79 Å². The molecule has 106 valence electrons. The van der Waals surface area contributed by atoms with Crippen molar-refractivity contribution in [2.45, 2.75) is 71.3 Å². The number of carbonyl (C=O) groups excluding carboxylic acids is 1. The van der Waals surface area contributed by atoms with Crippen molar-refractivity contribution in [2.75, 3.05) is 0 Å².